The van der Waals surface area contributed by atoms with E-state index >= 15 is 0 Å². The second-order valence-corrected chi connectivity index (χ2v) is 5.65. The van der Waals surface area contributed by atoms with Crippen LogP contribution >= 0.6 is 0 Å². The minimum absolute atomic E-state index is 0.00323. The Hall–Kier alpha value is -2.32. The van der Waals surface area contributed by atoms with Crippen molar-refractivity contribution >= 4 is 5.91 Å². The van der Waals surface area contributed by atoms with Gasteiger partial charge in [-0.1, -0.05) is 11.3 Å². The number of hydrogen-bond acceptors (Lipinski definition) is 6. The van der Waals surface area contributed by atoms with E-state index in [0.29, 0.717) is 19.8 Å². The summed E-state index contributed by atoms with van der Waals surface area (Å²) < 4.78 is 7.16. The molecule has 1 fully saturated rings. The van der Waals surface area contributed by atoms with Crippen LogP contribution in [0, 0.1) is 0 Å². The zero-order chi connectivity index (χ0) is 16.6. The molecule has 0 bridgehead atoms. The van der Waals surface area contributed by atoms with E-state index in [0.717, 1.165) is 31.6 Å². The lowest BCUT2D eigenvalue weighted by atomic mass is 10.1. The van der Waals surface area contributed by atoms with Gasteiger partial charge in [0, 0.05) is 44.8 Å². The molecule has 0 aliphatic carbocycles. The first-order valence-corrected chi connectivity index (χ1v) is 8.18. The molecule has 128 valence electrons. The number of rotatable bonds is 7. The number of carbonyl (C=O) groups is 1. The highest BCUT2D eigenvalue weighted by molar-refractivity contribution is 5.83. The maximum absolute atomic E-state index is 12.7. The summed E-state index contributed by atoms with van der Waals surface area (Å²) >= 11 is 0. The maximum Gasteiger partial charge on any atom is 0.242 e. The molecule has 0 radical (unpaired) electrons. The summed E-state index contributed by atoms with van der Waals surface area (Å²) in [4.78, 5) is 19.1. The van der Waals surface area contributed by atoms with E-state index in [9.17, 15) is 4.79 Å². The second-order valence-electron chi connectivity index (χ2n) is 5.65. The summed E-state index contributed by atoms with van der Waals surface area (Å²) in [6.07, 6.45) is 7.74. The third kappa shape index (κ3) is 4.36. The van der Waals surface area contributed by atoms with E-state index in [1.165, 1.54) is 0 Å². The van der Waals surface area contributed by atoms with Crippen LogP contribution in [0.15, 0.2) is 36.9 Å². The Labute approximate surface area is 140 Å². The zero-order valence-electron chi connectivity index (χ0n) is 13.5. The number of amides is 1. The van der Waals surface area contributed by atoms with Gasteiger partial charge in [-0.3, -0.25) is 19.4 Å². The average Bonchev–Trinajstić information content (AvgIpc) is 3.14. The van der Waals surface area contributed by atoms with Gasteiger partial charge in [0.25, 0.3) is 0 Å². The van der Waals surface area contributed by atoms with Crippen molar-refractivity contribution in [3.05, 3.63) is 42.5 Å². The van der Waals surface area contributed by atoms with Gasteiger partial charge in [0.2, 0.25) is 5.91 Å². The Morgan fingerprint density at radius 2 is 2.21 bits per heavy atom. The van der Waals surface area contributed by atoms with E-state index in [1.54, 1.807) is 23.3 Å². The van der Waals surface area contributed by atoms with Crippen molar-refractivity contribution in [3.63, 3.8) is 0 Å². The lowest BCUT2D eigenvalue weighted by molar-refractivity contribution is -0.128. The molecule has 0 saturated carbocycles. The quantitative estimate of drug-likeness (QED) is 0.733. The third-order valence-electron chi connectivity index (χ3n) is 3.99. The predicted molar refractivity (Wildman–Crippen MR) is 87.0 cm³/mol. The maximum atomic E-state index is 12.7. The monoisotopic (exact) mass is 330 g/mol. The highest BCUT2D eigenvalue weighted by Gasteiger charge is 2.28. The minimum atomic E-state index is -0.325. The van der Waals surface area contributed by atoms with Crippen LogP contribution in [0.3, 0.4) is 0 Å². The van der Waals surface area contributed by atoms with Crippen molar-refractivity contribution in [2.24, 2.45) is 0 Å². The highest BCUT2D eigenvalue weighted by Crippen LogP contribution is 2.21. The topological polar surface area (TPSA) is 85.2 Å². The Morgan fingerprint density at radius 3 is 2.92 bits per heavy atom. The number of morpholine rings is 1. The number of nitrogens with zero attached hydrogens (tertiary/aromatic N) is 5. The molecule has 1 atom stereocenters. The first-order chi connectivity index (χ1) is 11.8. The Balaban J connectivity index is 1.58. The summed E-state index contributed by atoms with van der Waals surface area (Å²) in [5.41, 5.74) is 0.910. The van der Waals surface area contributed by atoms with Crippen molar-refractivity contribution in [1.82, 2.24) is 30.2 Å². The highest BCUT2D eigenvalue weighted by atomic mass is 16.5. The summed E-state index contributed by atoms with van der Waals surface area (Å²) in [7, 11) is 0. The summed E-state index contributed by atoms with van der Waals surface area (Å²) in [6.45, 7) is 4.11. The number of aryl methyl sites for hydroxylation is 1. The fraction of sp³-hybridized carbons (Fsp3) is 0.500. The van der Waals surface area contributed by atoms with Gasteiger partial charge in [-0.25, -0.2) is 0 Å². The number of pyridine rings is 1. The molecule has 1 amide bonds. The van der Waals surface area contributed by atoms with Crippen LogP contribution in [0.5, 0.6) is 0 Å². The van der Waals surface area contributed by atoms with Crippen molar-refractivity contribution in [2.75, 3.05) is 32.8 Å². The summed E-state index contributed by atoms with van der Waals surface area (Å²) in [6, 6.07) is 3.48. The normalized spacial score (nSPS) is 16.7. The number of hydrogen-bond donors (Lipinski definition) is 1. The van der Waals surface area contributed by atoms with Crippen molar-refractivity contribution < 1.29 is 9.53 Å². The molecule has 0 unspecified atom stereocenters. The Bertz CT molecular complexity index is 613. The Kier molecular flexibility index (Phi) is 5.86. The van der Waals surface area contributed by atoms with Gasteiger partial charge in [-0.15, -0.1) is 5.10 Å². The standard InChI is InChI=1S/C16H22N6O2/c23-16(18-5-2-7-22-8-6-19-20-22)15(14-3-1-4-17-13-14)21-9-11-24-12-10-21/h1,3-4,6,8,13,15H,2,5,7,9-12H2,(H,18,23)/t15-/m1/s1. The first kappa shape index (κ1) is 16.5. The third-order valence-corrected chi connectivity index (χ3v) is 3.99. The molecule has 24 heavy (non-hydrogen) atoms. The molecule has 0 aromatic carbocycles. The van der Waals surface area contributed by atoms with Gasteiger partial charge in [0.1, 0.15) is 6.04 Å². The van der Waals surface area contributed by atoms with Gasteiger partial charge >= 0.3 is 0 Å². The molecular weight excluding hydrogens is 308 g/mol. The smallest absolute Gasteiger partial charge is 0.242 e. The largest absolute Gasteiger partial charge is 0.379 e. The lowest BCUT2D eigenvalue weighted by Gasteiger charge is -2.33. The van der Waals surface area contributed by atoms with Crippen LogP contribution in [0.4, 0.5) is 0 Å². The predicted octanol–water partition coefficient (Wildman–Crippen LogP) is 0.253. The second kappa shape index (κ2) is 8.51. The van der Waals surface area contributed by atoms with Gasteiger partial charge in [0.05, 0.1) is 19.4 Å². The average molecular weight is 330 g/mol. The van der Waals surface area contributed by atoms with Crippen LogP contribution in [-0.2, 0) is 16.1 Å². The molecule has 1 saturated heterocycles. The van der Waals surface area contributed by atoms with Crippen LogP contribution in [0.25, 0.3) is 0 Å². The van der Waals surface area contributed by atoms with E-state index in [-0.39, 0.29) is 11.9 Å². The van der Waals surface area contributed by atoms with Crippen molar-refractivity contribution in [2.45, 2.75) is 19.0 Å². The van der Waals surface area contributed by atoms with E-state index in [1.807, 2.05) is 18.3 Å². The molecule has 2 aromatic heterocycles. The van der Waals surface area contributed by atoms with E-state index < -0.39 is 0 Å². The fourth-order valence-electron chi connectivity index (χ4n) is 2.80. The van der Waals surface area contributed by atoms with Gasteiger partial charge < -0.3 is 10.1 Å². The summed E-state index contributed by atoms with van der Waals surface area (Å²) in [5, 5.41) is 10.7. The molecular formula is C16H22N6O2. The molecule has 1 N–H and O–H groups in total. The molecule has 8 nitrogen and oxygen atoms in total. The summed E-state index contributed by atoms with van der Waals surface area (Å²) in [5.74, 6) is 0.00323. The minimum Gasteiger partial charge on any atom is -0.379 e. The first-order valence-electron chi connectivity index (χ1n) is 8.18. The lowest BCUT2D eigenvalue weighted by Crippen LogP contribution is -2.46. The molecule has 3 heterocycles. The SMILES string of the molecule is O=C(NCCCn1ccnn1)[C@@H](c1cccnc1)N1CCOCC1. The van der Waals surface area contributed by atoms with E-state index in [2.05, 4.69) is 25.5 Å². The van der Waals surface area contributed by atoms with Crippen LogP contribution in [0.2, 0.25) is 0 Å². The molecule has 1 aliphatic rings. The van der Waals surface area contributed by atoms with Crippen molar-refractivity contribution in [1.29, 1.82) is 0 Å². The van der Waals surface area contributed by atoms with Gasteiger partial charge in [-0.2, -0.15) is 0 Å². The van der Waals surface area contributed by atoms with Crippen LogP contribution < -0.4 is 5.32 Å². The number of ether oxygens (including phenoxy) is 1. The van der Waals surface area contributed by atoms with Gasteiger partial charge in [-0.05, 0) is 18.1 Å². The zero-order valence-corrected chi connectivity index (χ0v) is 13.5. The van der Waals surface area contributed by atoms with Crippen LogP contribution in [0.1, 0.15) is 18.0 Å². The molecule has 8 heteroatoms. The van der Waals surface area contributed by atoms with Crippen LogP contribution in [-0.4, -0.2) is 63.6 Å². The van der Waals surface area contributed by atoms with Gasteiger partial charge in [0.15, 0.2) is 0 Å². The van der Waals surface area contributed by atoms with Crippen molar-refractivity contribution in [3.8, 4) is 0 Å². The molecule has 1 aliphatic heterocycles. The Morgan fingerprint density at radius 1 is 1.33 bits per heavy atom. The number of nitrogens with one attached hydrogen (secondary N) is 1. The molecule has 0 spiro atoms. The molecule has 2 aromatic rings. The van der Waals surface area contributed by atoms with E-state index in [4.69, 9.17) is 4.74 Å². The molecule has 3 rings (SSSR count). The number of aromatic nitrogens is 4. The fourth-order valence-corrected chi connectivity index (χ4v) is 2.80. The number of carbonyl (C=O) groups excluding carboxylic acids is 1.